The minimum atomic E-state index is -0.397. The number of aryl methyl sites for hydroxylation is 1. The smallest absolute Gasteiger partial charge is 0.269 e. The maximum Gasteiger partial charge on any atom is 0.269 e. The topological polar surface area (TPSA) is 55.2 Å². The number of non-ortho nitro benzene ring substituents is 1. The van der Waals surface area contributed by atoms with Crippen molar-refractivity contribution >= 4 is 23.0 Å². The lowest BCUT2D eigenvalue weighted by atomic mass is 10.2. The van der Waals surface area contributed by atoms with Gasteiger partial charge in [0.2, 0.25) is 0 Å². The van der Waals surface area contributed by atoms with E-state index in [1.165, 1.54) is 6.07 Å². The Morgan fingerprint density at radius 3 is 2.74 bits per heavy atom. The summed E-state index contributed by atoms with van der Waals surface area (Å²) in [6.07, 6.45) is 0. The second-order valence-electron chi connectivity index (χ2n) is 4.24. The van der Waals surface area contributed by atoms with Gasteiger partial charge in [0.05, 0.1) is 4.92 Å². The second-order valence-corrected chi connectivity index (χ2v) is 4.65. The molecular formula is C14H13ClN2O2. The summed E-state index contributed by atoms with van der Waals surface area (Å²) in [6, 6.07) is 12.3. The molecule has 0 atom stereocenters. The van der Waals surface area contributed by atoms with Crippen molar-refractivity contribution in [3.05, 3.63) is 68.7 Å². The fourth-order valence-electron chi connectivity index (χ4n) is 1.69. The second kappa shape index (κ2) is 5.71. The van der Waals surface area contributed by atoms with Crippen molar-refractivity contribution in [1.29, 1.82) is 0 Å². The van der Waals surface area contributed by atoms with Crippen LogP contribution in [-0.4, -0.2) is 4.92 Å². The summed E-state index contributed by atoms with van der Waals surface area (Å²) in [5.41, 5.74) is 2.86. The van der Waals surface area contributed by atoms with Gasteiger partial charge < -0.3 is 5.32 Å². The number of hydrogen-bond acceptors (Lipinski definition) is 3. The summed E-state index contributed by atoms with van der Waals surface area (Å²) in [6.45, 7) is 2.45. The predicted octanol–water partition coefficient (Wildman–Crippen LogP) is 4.17. The highest BCUT2D eigenvalue weighted by Crippen LogP contribution is 2.21. The Hall–Kier alpha value is -2.07. The number of nitrogens with one attached hydrogen (secondary N) is 1. The number of nitro groups is 1. The molecule has 98 valence electrons. The molecular weight excluding hydrogens is 264 g/mol. The maximum absolute atomic E-state index is 10.7. The molecule has 0 unspecified atom stereocenters. The molecule has 0 fully saturated rings. The number of rotatable bonds is 4. The van der Waals surface area contributed by atoms with E-state index in [9.17, 15) is 10.1 Å². The number of anilines is 1. The van der Waals surface area contributed by atoms with Crippen LogP contribution in [0.5, 0.6) is 0 Å². The molecule has 0 aliphatic rings. The third kappa shape index (κ3) is 3.45. The van der Waals surface area contributed by atoms with E-state index in [4.69, 9.17) is 11.6 Å². The van der Waals surface area contributed by atoms with Gasteiger partial charge in [-0.1, -0.05) is 29.8 Å². The van der Waals surface area contributed by atoms with Gasteiger partial charge in [-0.2, -0.15) is 0 Å². The minimum absolute atomic E-state index is 0.0984. The molecule has 0 saturated heterocycles. The number of hydrogen-bond donors (Lipinski definition) is 1. The molecule has 0 bridgehead atoms. The Kier molecular flexibility index (Phi) is 4.02. The fraction of sp³-hybridized carbons (Fsp3) is 0.143. The lowest BCUT2D eigenvalue weighted by Crippen LogP contribution is -2.00. The Balaban J connectivity index is 2.07. The molecule has 2 aromatic rings. The third-order valence-electron chi connectivity index (χ3n) is 2.79. The van der Waals surface area contributed by atoms with Gasteiger partial charge in [0.15, 0.2) is 0 Å². The zero-order chi connectivity index (χ0) is 13.8. The van der Waals surface area contributed by atoms with Gasteiger partial charge in [0, 0.05) is 29.4 Å². The summed E-state index contributed by atoms with van der Waals surface area (Å²) < 4.78 is 0. The van der Waals surface area contributed by atoms with Gasteiger partial charge in [-0.25, -0.2) is 0 Å². The number of nitro benzene ring substituents is 1. The van der Waals surface area contributed by atoms with Crippen LogP contribution in [0.3, 0.4) is 0 Å². The fourth-order valence-corrected chi connectivity index (χ4v) is 1.87. The highest BCUT2D eigenvalue weighted by Gasteiger charge is 2.05. The molecule has 0 aromatic heterocycles. The van der Waals surface area contributed by atoms with Crippen molar-refractivity contribution in [2.24, 2.45) is 0 Å². The molecule has 2 aromatic carbocycles. The zero-order valence-electron chi connectivity index (χ0n) is 10.4. The minimum Gasteiger partial charge on any atom is -0.381 e. The Morgan fingerprint density at radius 1 is 1.26 bits per heavy atom. The van der Waals surface area contributed by atoms with Crippen molar-refractivity contribution in [1.82, 2.24) is 0 Å². The molecule has 0 amide bonds. The summed E-state index contributed by atoms with van der Waals surface area (Å²) in [5.74, 6) is 0. The molecule has 0 aliphatic heterocycles. The number of benzene rings is 2. The van der Waals surface area contributed by atoms with Crippen LogP contribution in [-0.2, 0) is 6.54 Å². The van der Waals surface area contributed by atoms with Gasteiger partial charge >= 0.3 is 0 Å². The highest BCUT2D eigenvalue weighted by molar-refractivity contribution is 6.31. The van der Waals surface area contributed by atoms with Crippen LogP contribution >= 0.6 is 11.6 Å². The van der Waals surface area contributed by atoms with Crippen LogP contribution in [0.2, 0.25) is 5.02 Å². The van der Waals surface area contributed by atoms with Gasteiger partial charge in [0.1, 0.15) is 0 Å². The van der Waals surface area contributed by atoms with E-state index < -0.39 is 4.92 Å². The predicted molar refractivity (Wildman–Crippen MR) is 76.6 cm³/mol. The first-order valence-electron chi connectivity index (χ1n) is 5.79. The number of nitrogens with zero attached hydrogens (tertiary/aromatic N) is 1. The van der Waals surface area contributed by atoms with Crippen LogP contribution in [0.4, 0.5) is 11.4 Å². The van der Waals surface area contributed by atoms with Crippen LogP contribution in [0.15, 0.2) is 42.5 Å². The first-order chi connectivity index (χ1) is 9.06. The standard InChI is InChI=1S/C14H13ClN2O2/c1-10-5-6-12(8-14(10)15)16-9-11-3-2-4-13(7-11)17(18)19/h2-8,16H,9H2,1H3. The van der Waals surface area contributed by atoms with E-state index in [1.807, 2.05) is 31.2 Å². The van der Waals surface area contributed by atoms with Crippen LogP contribution in [0, 0.1) is 17.0 Å². The summed E-state index contributed by atoms with van der Waals surface area (Å²) in [4.78, 5) is 10.3. The van der Waals surface area contributed by atoms with Crippen molar-refractivity contribution in [2.75, 3.05) is 5.32 Å². The molecule has 1 N–H and O–H groups in total. The van der Waals surface area contributed by atoms with E-state index in [0.29, 0.717) is 11.6 Å². The van der Waals surface area contributed by atoms with Gasteiger partial charge in [0.25, 0.3) is 5.69 Å². The normalized spacial score (nSPS) is 10.2. The number of halogens is 1. The molecule has 0 saturated carbocycles. The average Bonchev–Trinajstić information content (AvgIpc) is 2.40. The molecule has 4 nitrogen and oxygen atoms in total. The first kappa shape index (κ1) is 13.4. The Morgan fingerprint density at radius 2 is 2.05 bits per heavy atom. The summed E-state index contributed by atoms with van der Waals surface area (Å²) >= 11 is 6.03. The van der Waals surface area contributed by atoms with E-state index in [-0.39, 0.29) is 5.69 Å². The van der Waals surface area contributed by atoms with Crippen LogP contribution in [0.25, 0.3) is 0 Å². The van der Waals surface area contributed by atoms with Crippen molar-refractivity contribution in [3.63, 3.8) is 0 Å². The maximum atomic E-state index is 10.7. The van der Waals surface area contributed by atoms with Gasteiger partial charge in [-0.3, -0.25) is 10.1 Å². The van der Waals surface area contributed by atoms with Gasteiger partial charge in [-0.15, -0.1) is 0 Å². The monoisotopic (exact) mass is 276 g/mol. The van der Waals surface area contributed by atoms with E-state index >= 15 is 0 Å². The molecule has 2 rings (SSSR count). The quantitative estimate of drug-likeness (QED) is 0.673. The van der Waals surface area contributed by atoms with Crippen molar-refractivity contribution in [3.8, 4) is 0 Å². The van der Waals surface area contributed by atoms with Crippen LogP contribution < -0.4 is 5.32 Å². The summed E-state index contributed by atoms with van der Waals surface area (Å²) in [5, 5.41) is 14.6. The molecule has 19 heavy (non-hydrogen) atoms. The molecule has 0 aliphatic carbocycles. The third-order valence-corrected chi connectivity index (χ3v) is 3.20. The Bertz CT molecular complexity index is 614. The van der Waals surface area contributed by atoms with Crippen molar-refractivity contribution < 1.29 is 4.92 Å². The van der Waals surface area contributed by atoms with E-state index in [0.717, 1.165) is 16.8 Å². The average molecular weight is 277 g/mol. The summed E-state index contributed by atoms with van der Waals surface area (Å²) in [7, 11) is 0. The molecule has 0 heterocycles. The molecule has 0 spiro atoms. The highest BCUT2D eigenvalue weighted by atomic mass is 35.5. The van der Waals surface area contributed by atoms with E-state index in [2.05, 4.69) is 5.32 Å². The molecule has 0 radical (unpaired) electrons. The first-order valence-corrected chi connectivity index (χ1v) is 6.17. The van der Waals surface area contributed by atoms with Gasteiger partial charge in [-0.05, 0) is 30.2 Å². The lowest BCUT2D eigenvalue weighted by Gasteiger charge is -2.08. The molecule has 5 heteroatoms. The Labute approximate surface area is 116 Å². The van der Waals surface area contributed by atoms with E-state index in [1.54, 1.807) is 12.1 Å². The lowest BCUT2D eigenvalue weighted by molar-refractivity contribution is -0.384. The van der Waals surface area contributed by atoms with Crippen molar-refractivity contribution in [2.45, 2.75) is 13.5 Å². The largest absolute Gasteiger partial charge is 0.381 e. The SMILES string of the molecule is Cc1ccc(NCc2cccc([N+](=O)[O-])c2)cc1Cl. The van der Waals surface area contributed by atoms with Crippen LogP contribution in [0.1, 0.15) is 11.1 Å². The zero-order valence-corrected chi connectivity index (χ0v) is 11.1.